The van der Waals surface area contributed by atoms with Crippen LogP contribution in [0.25, 0.3) is 22.2 Å². The number of amides is 1. The third-order valence-electron chi connectivity index (χ3n) is 5.95. The van der Waals surface area contributed by atoms with Gasteiger partial charge in [-0.3, -0.25) is 4.79 Å². The van der Waals surface area contributed by atoms with Crippen molar-refractivity contribution in [2.45, 2.75) is 47.0 Å². The highest BCUT2D eigenvalue weighted by Gasteiger charge is 2.12. The van der Waals surface area contributed by atoms with Crippen molar-refractivity contribution < 1.29 is 4.79 Å². The number of nitrogens with zero attached hydrogens (tertiary/aromatic N) is 3. The summed E-state index contributed by atoms with van der Waals surface area (Å²) in [5.74, 6) is 0.834. The van der Waals surface area contributed by atoms with Crippen molar-refractivity contribution in [1.82, 2.24) is 9.55 Å². The Morgan fingerprint density at radius 3 is 2.56 bits per heavy atom. The number of aromatic nitrogens is 2. The molecule has 1 amide bonds. The van der Waals surface area contributed by atoms with Crippen LogP contribution in [0.5, 0.6) is 0 Å². The topological polar surface area (TPSA) is 50.2 Å². The lowest BCUT2D eigenvalue weighted by atomic mass is 10.1. The molecule has 0 aliphatic rings. The van der Waals surface area contributed by atoms with E-state index in [0.717, 1.165) is 45.8 Å². The zero-order valence-corrected chi connectivity index (χ0v) is 21.2. The number of anilines is 3. The second-order valence-corrected chi connectivity index (χ2v) is 8.27. The minimum absolute atomic E-state index is 0.0119. The number of nitrogens with one attached hydrogen (secondary N) is 1. The number of aryl methyl sites for hydroxylation is 2. The van der Waals surface area contributed by atoms with E-state index < -0.39 is 0 Å². The Morgan fingerprint density at radius 1 is 1.06 bits per heavy atom. The Kier molecular flexibility index (Phi) is 8.47. The first-order chi connectivity index (χ1) is 16.5. The first-order valence-electron chi connectivity index (χ1n) is 12.1. The van der Waals surface area contributed by atoms with Crippen molar-refractivity contribution in [3.8, 4) is 11.3 Å². The highest BCUT2D eigenvalue weighted by molar-refractivity contribution is 5.93. The number of pyridine rings is 1. The highest BCUT2D eigenvalue weighted by atomic mass is 16.2. The first-order valence-corrected chi connectivity index (χ1v) is 12.1. The minimum atomic E-state index is 0.0119. The Labute approximate surface area is 203 Å². The number of benzene rings is 2. The van der Waals surface area contributed by atoms with Gasteiger partial charge in [-0.15, -0.1) is 0 Å². The molecule has 2 aromatic heterocycles. The molecule has 0 aliphatic heterocycles. The van der Waals surface area contributed by atoms with E-state index in [1.165, 1.54) is 18.4 Å². The average Bonchev–Trinajstić information content (AvgIpc) is 3.19. The zero-order chi connectivity index (χ0) is 24.7. The van der Waals surface area contributed by atoms with Crippen molar-refractivity contribution in [1.29, 1.82) is 0 Å². The minimum Gasteiger partial charge on any atom is -0.343 e. The molecule has 4 aromatic rings. The summed E-state index contributed by atoms with van der Waals surface area (Å²) >= 11 is 0. The molecule has 178 valence electrons. The zero-order valence-electron chi connectivity index (χ0n) is 21.2. The molecule has 1 N–H and O–H groups in total. The van der Waals surface area contributed by atoms with Crippen LogP contribution in [0, 0.1) is 0 Å². The Morgan fingerprint density at radius 2 is 1.82 bits per heavy atom. The summed E-state index contributed by atoms with van der Waals surface area (Å²) in [5, 5.41) is 4.54. The van der Waals surface area contributed by atoms with Gasteiger partial charge in [0, 0.05) is 61.3 Å². The lowest BCUT2D eigenvalue weighted by Gasteiger charge is -2.16. The predicted molar refractivity (Wildman–Crippen MR) is 145 cm³/mol. The molecule has 0 unspecified atom stereocenters. The van der Waals surface area contributed by atoms with Gasteiger partial charge in [0.15, 0.2) is 0 Å². The third-order valence-corrected chi connectivity index (χ3v) is 5.95. The van der Waals surface area contributed by atoms with Crippen molar-refractivity contribution in [3.63, 3.8) is 0 Å². The van der Waals surface area contributed by atoms with Gasteiger partial charge in [-0.05, 0) is 48.7 Å². The maximum absolute atomic E-state index is 11.8. The quantitative estimate of drug-likeness (QED) is 0.317. The molecule has 2 aromatic carbocycles. The van der Waals surface area contributed by atoms with Gasteiger partial charge in [0.25, 0.3) is 0 Å². The smallest absolute Gasteiger partial charge is 0.223 e. The summed E-state index contributed by atoms with van der Waals surface area (Å²) in [6, 6.07) is 20.8. The lowest BCUT2D eigenvalue weighted by Crippen LogP contribution is -2.22. The van der Waals surface area contributed by atoms with Crippen LogP contribution >= 0.6 is 0 Å². The maximum Gasteiger partial charge on any atom is 0.223 e. The molecule has 0 saturated carbocycles. The Bertz CT molecular complexity index is 1260. The molecule has 4 rings (SSSR count). The molecule has 5 heteroatoms. The number of hydrogen-bond acceptors (Lipinski definition) is 3. The van der Waals surface area contributed by atoms with E-state index in [9.17, 15) is 4.79 Å². The van der Waals surface area contributed by atoms with Gasteiger partial charge in [0.2, 0.25) is 5.91 Å². The summed E-state index contributed by atoms with van der Waals surface area (Å²) in [6.07, 6.45) is 5.40. The number of carbonyl (C=O) groups is 1. The van der Waals surface area contributed by atoms with Crippen LogP contribution in [-0.4, -0.2) is 22.5 Å². The summed E-state index contributed by atoms with van der Waals surface area (Å²) in [5.41, 5.74) is 6.52. The van der Waals surface area contributed by atoms with E-state index in [2.05, 4.69) is 71.3 Å². The molecular weight excluding hydrogens is 420 g/mol. The highest BCUT2D eigenvalue weighted by Crippen LogP contribution is 2.31. The fourth-order valence-corrected chi connectivity index (χ4v) is 3.97. The Hall–Kier alpha value is -3.60. The van der Waals surface area contributed by atoms with Gasteiger partial charge in [-0.2, -0.15) is 0 Å². The Balaban J connectivity index is 0.00000158. The van der Waals surface area contributed by atoms with Crippen molar-refractivity contribution >= 4 is 34.0 Å². The summed E-state index contributed by atoms with van der Waals surface area (Å²) < 4.78 is 2.17. The van der Waals surface area contributed by atoms with E-state index in [-0.39, 0.29) is 5.91 Å². The van der Waals surface area contributed by atoms with Gasteiger partial charge >= 0.3 is 0 Å². The van der Waals surface area contributed by atoms with E-state index in [0.29, 0.717) is 0 Å². The lowest BCUT2D eigenvalue weighted by molar-refractivity contribution is -0.116. The first kappa shape index (κ1) is 25.0. The molecule has 2 heterocycles. The second-order valence-electron chi connectivity index (χ2n) is 8.27. The van der Waals surface area contributed by atoms with Crippen LogP contribution in [0.4, 0.5) is 17.2 Å². The molecule has 34 heavy (non-hydrogen) atoms. The van der Waals surface area contributed by atoms with Crippen LogP contribution in [0.3, 0.4) is 0 Å². The number of rotatable bonds is 7. The summed E-state index contributed by atoms with van der Waals surface area (Å²) in [6.45, 7) is 7.79. The molecule has 0 spiro atoms. The van der Waals surface area contributed by atoms with Gasteiger partial charge < -0.3 is 14.8 Å². The fourth-order valence-electron chi connectivity index (χ4n) is 3.97. The molecule has 0 aliphatic carbocycles. The van der Waals surface area contributed by atoms with Crippen molar-refractivity contribution in [2.75, 3.05) is 17.3 Å². The van der Waals surface area contributed by atoms with Crippen LogP contribution in [0.15, 0.2) is 66.9 Å². The van der Waals surface area contributed by atoms with Gasteiger partial charge in [-0.25, -0.2) is 4.98 Å². The predicted octanol–water partition coefficient (Wildman–Crippen LogP) is 7.34. The molecule has 0 fully saturated rings. The normalized spacial score (nSPS) is 10.5. The molecular formula is C29H36N4O. The van der Waals surface area contributed by atoms with Gasteiger partial charge in [-0.1, -0.05) is 51.5 Å². The van der Waals surface area contributed by atoms with Crippen LogP contribution < -0.4 is 10.2 Å². The molecule has 0 saturated heterocycles. The molecule has 0 atom stereocenters. The average molecular weight is 457 g/mol. The number of hydrogen-bond donors (Lipinski definition) is 1. The van der Waals surface area contributed by atoms with E-state index in [1.54, 1.807) is 18.9 Å². The fraction of sp³-hybridized carbons (Fsp3) is 0.310. The number of unbranched alkanes of at least 4 members (excludes halogenated alkanes) is 1. The SMILES string of the molecule is CC.CCCCc1cccc(Nc2cc3c(cn2)cc(-c2cccc(N(C)C(C)=O)c2)n3C)c1. The molecule has 0 radical (unpaired) electrons. The van der Waals surface area contributed by atoms with Crippen molar-refractivity contribution in [2.24, 2.45) is 7.05 Å². The van der Waals surface area contributed by atoms with Crippen LogP contribution in [0.1, 0.15) is 46.1 Å². The largest absolute Gasteiger partial charge is 0.343 e. The number of fused-ring (bicyclic) bond motifs is 1. The summed E-state index contributed by atoms with van der Waals surface area (Å²) in [7, 11) is 3.86. The van der Waals surface area contributed by atoms with E-state index in [4.69, 9.17) is 0 Å². The molecule has 0 bridgehead atoms. The van der Waals surface area contributed by atoms with E-state index in [1.807, 2.05) is 38.2 Å². The standard InChI is InChI=1S/C27H30N4O.C2H6/c1-5-6-9-20-10-7-12-23(14-20)29-27-17-26-22(18-28-27)16-25(31(26)4)21-11-8-13-24(15-21)30(3)19(2)32;1-2/h7-8,10-18H,5-6,9H2,1-4H3,(H,28,29);1-2H3. The monoisotopic (exact) mass is 456 g/mol. The van der Waals surface area contributed by atoms with Gasteiger partial charge in [0.1, 0.15) is 5.82 Å². The second kappa shape index (κ2) is 11.5. The van der Waals surface area contributed by atoms with Crippen LogP contribution in [-0.2, 0) is 18.3 Å². The van der Waals surface area contributed by atoms with Crippen LogP contribution in [0.2, 0.25) is 0 Å². The third kappa shape index (κ3) is 5.66. The van der Waals surface area contributed by atoms with Gasteiger partial charge in [0.05, 0.1) is 5.52 Å². The maximum atomic E-state index is 11.8. The number of carbonyl (C=O) groups excluding carboxylic acids is 1. The van der Waals surface area contributed by atoms with Crippen molar-refractivity contribution in [3.05, 3.63) is 72.4 Å². The van der Waals surface area contributed by atoms with E-state index >= 15 is 0 Å². The molecule has 5 nitrogen and oxygen atoms in total. The summed E-state index contributed by atoms with van der Waals surface area (Å²) in [4.78, 5) is 18.1.